The molecule has 0 aromatic heterocycles. The fourth-order valence-electron chi connectivity index (χ4n) is 1.39. The van der Waals surface area contributed by atoms with E-state index in [1.165, 1.54) is 0 Å². The minimum atomic E-state index is -1.90. The molecule has 0 spiro atoms. The van der Waals surface area contributed by atoms with Crippen molar-refractivity contribution < 1.29 is 4.79 Å². The number of hydrogen-bond donors (Lipinski definition) is 1. The quantitative estimate of drug-likeness (QED) is 0.517. The topological polar surface area (TPSA) is 29.1 Å². The number of carbonyl (C=O) groups excluding carboxylic acids is 1. The number of alkyl halides is 1. The van der Waals surface area contributed by atoms with Crippen LogP contribution in [0.5, 0.6) is 0 Å². The average Bonchev–Trinajstić information content (AvgIpc) is 2.30. The SMILES string of the molecule is C#CCC(Br)[Si](C)(C)NC(=O)c1ccccc1. The molecule has 0 aliphatic heterocycles. The van der Waals surface area contributed by atoms with Crippen LogP contribution in [0.25, 0.3) is 0 Å². The third-order valence-electron chi connectivity index (χ3n) is 2.55. The number of rotatable bonds is 4. The van der Waals surface area contributed by atoms with Crippen molar-refractivity contribution in [1.82, 2.24) is 4.98 Å². The summed E-state index contributed by atoms with van der Waals surface area (Å²) in [6.07, 6.45) is 5.93. The van der Waals surface area contributed by atoms with Crippen LogP contribution >= 0.6 is 15.9 Å². The van der Waals surface area contributed by atoms with Gasteiger partial charge in [-0.15, -0.1) is 12.3 Å². The monoisotopic (exact) mass is 309 g/mol. The molecule has 1 amide bonds. The van der Waals surface area contributed by atoms with E-state index in [4.69, 9.17) is 6.42 Å². The van der Waals surface area contributed by atoms with E-state index >= 15 is 0 Å². The molecule has 0 aliphatic carbocycles. The molecule has 1 aromatic rings. The first-order valence-corrected chi connectivity index (χ1v) is 9.42. The summed E-state index contributed by atoms with van der Waals surface area (Å²) >= 11 is 3.57. The lowest BCUT2D eigenvalue weighted by Gasteiger charge is -2.28. The fourth-order valence-corrected chi connectivity index (χ4v) is 3.44. The van der Waals surface area contributed by atoms with Crippen molar-refractivity contribution in [3.63, 3.8) is 0 Å². The zero-order valence-electron chi connectivity index (χ0n) is 10.0. The van der Waals surface area contributed by atoms with Crippen molar-refractivity contribution in [3.8, 4) is 12.3 Å². The van der Waals surface area contributed by atoms with Gasteiger partial charge in [-0.1, -0.05) is 47.2 Å². The number of halogens is 1. The maximum Gasteiger partial charge on any atom is 0.243 e. The standard InChI is InChI=1S/C13H16BrNOSi/c1-4-8-12(14)17(2,3)15-13(16)11-9-6-5-7-10-11/h1,5-7,9-10,12H,8H2,2-3H3,(H,15,16). The van der Waals surface area contributed by atoms with Gasteiger partial charge in [-0.25, -0.2) is 0 Å². The summed E-state index contributed by atoms with van der Waals surface area (Å²) in [4.78, 5) is 15.1. The number of hydrogen-bond acceptors (Lipinski definition) is 1. The Kier molecular flexibility index (Phi) is 4.97. The van der Waals surface area contributed by atoms with Crippen molar-refractivity contribution in [3.05, 3.63) is 35.9 Å². The van der Waals surface area contributed by atoms with Gasteiger partial charge in [0.25, 0.3) is 0 Å². The lowest BCUT2D eigenvalue weighted by atomic mass is 10.2. The van der Waals surface area contributed by atoms with Crippen LogP contribution in [0.2, 0.25) is 13.1 Å². The zero-order valence-corrected chi connectivity index (χ0v) is 12.6. The van der Waals surface area contributed by atoms with E-state index in [2.05, 4.69) is 39.9 Å². The first-order valence-electron chi connectivity index (χ1n) is 5.42. The van der Waals surface area contributed by atoms with Gasteiger partial charge >= 0.3 is 0 Å². The third kappa shape index (κ3) is 4.03. The molecule has 0 saturated heterocycles. The van der Waals surface area contributed by atoms with Crippen LogP contribution in [0.15, 0.2) is 30.3 Å². The molecule has 0 aliphatic rings. The molecule has 0 saturated carbocycles. The van der Waals surface area contributed by atoms with Crippen LogP contribution in [-0.2, 0) is 0 Å². The lowest BCUT2D eigenvalue weighted by Crippen LogP contribution is -2.55. The summed E-state index contributed by atoms with van der Waals surface area (Å²) in [5.41, 5.74) is 0.688. The minimum Gasteiger partial charge on any atom is -0.377 e. The van der Waals surface area contributed by atoms with E-state index in [1.54, 1.807) is 0 Å². The van der Waals surface area contributed by atoms with Crippen LogP contribution < -0.4 is 4.98 Å². The Balaban J connectivity index is 2.72. The number of carbonyl (C=O) groups is 1. The van der Waals surface area contributed by atoms with E-state index in [0.29, 0.717) is 12.0 Å². The molecule has 1 rings (SSSR count). The summed E-state index contributed by atoms with van der Waals surface area (Å²) in [7, 11) is -1.90. The summed E-state index contributed by atoms with van der Waals surface area (Å²) in [6.45, 7) is 4.18. The Labute approximate surface area is 112 Å². The molecule has 1 aromatic carbocycles. The Morgan fingerprint density at radius 2 is 2.06 bits per heavy atom. The highest BCUT2D eigenvalue weighted by atomic mass is 79.9. The van der Waals surface area contributed by atoms with E-state index in [-0.39, 0.29) is 10.4 Å². The van der Waals surface area contributed by atoms with E-state index in [0.717, 1.165) is 0 Å². The third-order valence-corrected chi connectivity index (χ3v) is 8.95. The number of terminal acetylenes is 1. The number of amides is 1. The van der Waals surface area contributed by atoms with E-state index < -0.39 is 8.24 Å². The maximum absolute atomic E-state index is 12.0. The molecule has 90 valence electrons. The van der Waals surface area contributed by atoms with Crippen molar-refractivity contribution in [2.75, 3.05) is 0 Å². The second-order valence-corrected chi connectivity index (χ2v) is 10.8. The largest absolute Gasteiger partial charge is 0.377 e. The highest BCUT2D eigenvalue weighted by Crippen LogP contribution is 2.17. The van der Waals surface area contributed by atoms with E-state index in [1.807, 2.05) is 30.3 Å². The molecular weight excluding hydrogens is 294 g/mol. The number of nitrogens with one attached hydrogen (secondary N) is 1. The second-order valence-electron chi connectivity index (χ2n) is 4.42. The molecule has 0 fully saturated rings. The van der Waals surface area contributed by atoms with Crippen molar-refractivity contribution in [2.24, 2.45) is 0 Å². The van der Waals surface area contributed by atoms with Crippen LogP contribution in [0.3, 0.4) is 0 Å². The van der Waals surface area contributed by atoms with Gasteiger partial charge in [0.1, 0.15) is 0 Å². The predicted octanol–water partition coefficient (Wildman–Crippen LogP) is 2.95. The minimum absolute atomic E-state index is 0.0243. The first kappa shape index (κ1) is 14.0. The van der Waals surface area contributed by atoms with Gasteiger partial charge in [-0.05, 0) is 12.1 Å². The first-order chi connectivity index (χ1) is 7.97. The molecule has 17 heavy (non-hydrogen) atoms. The van der Waals surface area contributed by atoms with Crippen molar-refractivity contribution in [1.29, 1.82) is 0 Å². The van der Waals surface area contributed by atoms with Crippen molar-refractivity contribution in [2.45, 2.75) is 24.0 Å². The van der Waals surface area contributed by atoms with Gasteiger partial charge in [-0.2, -0.15) is 0 Å². The van der Waals surface area contributed by atoms with Crippen LogP contribution in [-0.4, -0.2) is 18.6 Å². The molecule has 2 nitrogen and oxygen atoms in total. The number of benzene rings is 1. The van der Waals surface area contributed by atoms with Gasteiger partial charge in [0.05, 0.1) is 0 Å². The zero-order chi connectivity index (χ0) is 12.9. The van der Waals surface area contributed by atoms with Crippen LogP contribution in [0.1, 0.15) is 16.8 Å². The molecular formula is C13H16BrNOSi. The van der Waals surface area contributed by atoms with E-state index in [9.17, 15) is 4.79 Å². The fraction of sp³-hybridized carbons (Fsp3) is 0.308. The molecule has 1 N–H and O–H groups in total. The van der Waals surface area contributed by atoms with Crippen molar-refractivity contribution >= 4 is 30.1 Å². The molecule has 0 bridgehead atoms. The highest BCUT2D eigenvalue weighted by molar-refractivity contribution is 9.10. The Hall–Kier alpha value is -1.05. The summed E-state index contributed by atoms with van der Waals surface area (Å²) in [5.74, 6) is 2.60. The Bertz CT molecular complexity index is 425. The molecule has 1 unspecified atom stereocenters. The molecule has 0 radical (unpaired) electrons. The Morgan fingerprint density at radius 3 is 2.59 bits per heavy atom. The normalized spacial score (nSPS) is 12.6. The molecule has 1 atom stereocenters. The lowest BCUT2D eigenvalue weighted by molar-refractivity contribution is 0.0977. The predicted molar refractivity (Wildman–Crippen MR) is 77.6 cm³/mol. The van der Waals surface area contributed by atoms with Crippen LogP contribution in [0, 0.1) is 12.3 Å². The summed E-state index contributed by atoms with van der Waals surface area (Å²) in [6, 6.07) is 9.23. The maximum atomic E-state index is 12.0. The van der Waals surface area contributed by atoms with Gasteiger partial charge < -0.3 is 4.98 Å². The van der Waals surface area contributed by atoms with Gasteiger partial charge in [-0.3, -0.25) is 4.79 Å². The van der Waals surface area contributed by atoms with Gasteiger partial charge in [0.2, 0.25) is 5.91 Å². The smallest absolute Gasteiger partial charge is 0.243 e. The van der Waals surface area contributed by atoms with Gasteiger partial charge in [0, 0.05) is 16.4 Å². The van der Waals surface area contributed by atoms with Gasteiger partial charge in [0.15, 0.2) is 8.24 Å². The Morgan fingerprint density at radius 1 is 1.47 bits per heavy atom. The summed E-state index contributed by atoms with van der Waals surface area (Å²) < 4.78 is 0.188. The average molecular weight is 310 g/mol. The summed E-state index contributed by atoms with van der Waals surface area (Å²) in [5, 5.41) is 0. The van der Waals surface area contributed by atoms with Crippen LogP contribution in [0.4, 0.5) is 0 Å². The second kappa shape index (κ2) is 6.04. The molecule has 0 heterocycles. The molecule has 4 heteroatoms. The highest BCUT2D eigenvalue weighted by Gasteiger charge is 2.31.